The van der Waals surface area contributed by atoms with Gasteiger partial charge in [0.05, 0.1) is 13.7 Å². The van der Waals surface area contributed by atoms with Crippen LogP contribution in [-0.2, 0) is 19.1 Å². The van der Waals surface area contributed by atoms with Crippen LogP contribution in [0.3, 0.4) is 0 Å². The van der Waals surface area contributed by atoms with Gasteiger partial charge in [0.2, 0.25) is 0 Å². The molecule has 1 aliphatic heterocycles. The molecule has 0 N–H and O–H groups in total. The monoisotopic (exact) mass is 216 g/mol. The van der Waals surface area contributed by atoms with E-state index < -0.39 is 0 Å². The highest BCUT2D eigenvalue weighted by molar-refractivity contribution is 5.70. The van der Waals surface area contributed by atoms with Crippen LogP contribution in [0.5, 0.6) is 0 Å². The predicted molar refractivity (Wildman–Crippen MR) is 56.4 cm³/mol. The summed E-state index contributed by atoms with van der Waals surface area (Å²) in [6.45, 7) is 2.75. The first-order valence-electron chi connectivity index (χ1n) is 5.43. The maximum absolute atomic E-state index is 10.5. The van der Waals surface area contributed by atoms with Crippen LogP contribution in [0.4, 0.5) is 0 Å². The van der Waals surface area contributed by atoms with Gasteiger partial charge in [-0.05, 0) is 12.8 Å². The molecule has 0 aromatic rings. The Kier molecular flexibility index (Phi) is 8.82. The molecule has 88 valence electrons. The van der Waals surface area contributed by atoms with E-state index in [1.165, 1.54) is 7.11 Å². The third-order valence-electron chi connectivity index (χ3n) is 2.00. The molecule has 1 saturated heterocycles. The molecule has 0 radical (unpaired) electrons. The van der Waals surface area contributed by atoms with Gasteiger partial charge in [0.15, 0.2) is 0 Å². The molecule has 1 fully saturated rings. The normalized spacial score (nSPS) is 13.9. The van der Waals surface area contributed by atoms with Crippen molar-refractivity contribution >= 4 is 11.9 Å². The second-order valence-electron chi connectivity index (χ2n) is 3.36. The first-order chi connectivity index (χ1) is 7.20. The molecule has 1 rings (SSSR count). The largest absolute Gasteiger partial charge is 0.469 e. The van der Waals surface area contributed by atoms with Crippen molar-refractivity contribution < 1.29 is 19.1 Å². The number of ether oxygens (including phenoxy) is 2. The van der Waals surface area contributed by atoms with Crippen molar-refractivity contribution in [3.05, 3.63) is 0 Å². The lowest BCUT2D eigenvalue weighted by Gasteiger charge is -1.95. The number of carbonyl (C=O) groups is 2. The Bertz CT molecular complexity index is 181. The van der Waals surface area contributed by atoms with Crippen molar-refractivity contribution in [1.29, 1.82) is 0 Å². The maximum Gasteiger partial charge on any atom is 0.305 e. The highest BCUT2D eigenvalue weighted by Gasteiger charge is 2.08. The summed E-state index contributed by atoms with van der Waals surface area (Å²) < 4.78 is 8.97. The van der Waals surface area contributed by atoms with Crippen LogP contribution in [0, 0.1) is 0 Å². The topological polar surface area (TPSA) is 52.6 Å². The zero-order valence-corrected chi connectivity index (χ0v) is 9.58. The second kappa shape index (κ2) is 9.49. The van der Waals surface area contributed by atoms with Gasteiger partial charge < -0.3 is 9.47 Å². The summed E-state index contributed by atoms with van der Waals surface area (Å²) in [5.41, 5.74) is 0. The van der Waals surface area contributed by atoms with Gasteiger partial charge in [0.1, 0.15) is 0 Å². The minimum atomic E-state index is -0.0940. The smallest absolute Gasteiger partial charge is 0.305 e. The van der Waals surface area contributed by atoms with Crippen molar-refractivity contribution in [3.63, 3.8) is 0 Å². The minimum absolute atomic E-state index is 0.0463. The molecule has 4 heteroatoms. The SMILES string of the molecule is CCCCCC(=O)OC.O=C1CCCO1. The lowest BCUT2D eigenvalue weighted by molar-refractivity contribution is -0.141. The number of cyclic esters (lactones) is 1. The van der Waals surface area contributed by atoms with Crippen molar-refractivity contribution in [2.24, 2.45) is 0 Å². The van der Waals surface area contributed by atoms with E-state index in [1.807, 2.05) is 0 Å². The highest BCUT2D eigenvalue weighted by Crippen LogP contribution is 2.01. The molecule has 15 heavy (non-hydrogen) atoms. The van der Waals surface area contributed by atoms with Crippen LogP contribution in [0.2, 0.25) is 0 Å². The van der Waals surface area contributed by atoms with Crippen molar-refractivity contribution in [2.75, 3.05) is 13.7 Å². The number of hydrogen-bond donors (Lipinski definition) is 0. The molecular weight excluding hydrogens is 196 g/mol. The fraction of sp³-hybridized carbons (Fsp3) is 0.818. The molecule has 0 spiro atoms. The van der Waals surface area contributed by atoms with Gasteiger partial charge in [-0.1, -0.05) is 19.8 Å². The molecule has 4 nitrogen and oxygen atoms in total. The molecule has 0 bridgehead atoms. The molecule has 0 unspecified atom stereocenters. The summed E-state index contributed by atoms with van der Waals surface area (Å²) in [4.78, 5) is 20.5. The van der Waals surface area contributed by atoms with Gasteiger partial charge in [-0.15, -0.1) is 0 Å². The Labute approximate surface area is 90.9 Å². The summed E-state index contributed by atoms with van der Waals surface area (Å²) in [6.07, 6.45) is 5.35. The third-order valence-corrected chi connectivity index (χ3v) is 2.00. The Balaban J connectivity index is 0.000000280. The molecule has 0 aliphatic carbocycles. The molecule has 0 atom stereocenters. The van der Waals surface area contributed by atoms with Gasteiger partial charge in [0.25, 0.3) is 0 Å². The molecule has 1 heterocycles. The van der Waals surface area contributed by atoms with Crippen molar-refractivity contribution in [1.82, 2.24) is 0 Å². The van der Waals surface area contributed by atoms with Crippen LogP contribution >= 0.6 is 0 Å². The Morgan fingerprint density at radius 3 is 2.53 bits per heavy atom. The van der Waals surface area contributed by atoms with Crippen LogP contribution in [0.1, 0.15) is 45.4 Å². The van der Waals surface area contributed by atoms with Gasteiger partial charge in [-0.2, -0.15) is 0 Å². The Morgan fingerprint density at radius 1 is 1.47 bits per heavy atom. The van der Waals surface area contributed by atoms with E-state index in [0.29, 0.717) is 19.4 Å². The summed E-state index contributed by atoms with van der Waals surface area (Å²) in [6, 6.07) is 0. The summed E-state index contributed by atoms with van der Waals surface area (Å²) in [5, 5.41) is 0. The molecule has 0 saturated carbocycles. The van der Waals surface area contributed by atoms with Crippen LogP contribution in [-0.4, -0.2) is 25.7 Å². The van der Waals surface area contributed by atoms with E-state index in [-0.39, 0.29) is 11.9 Å². The van der Waals surface area contributed by atoms with E-state index >= 15 is 0 Å². The third kappa shape index (κ3) is 9.25. The zero-order valence-electron chi connectivity index (χ0n) is 9.58. The molecule has 0 amide bonds. The average molecular weight is 216 g/mol. The molecular formula is C11H20O4. The molecule has 0 aromatic carbocycles. The standard InChI is InChI=1S/C7H14O2.C4H6O2/c1-3-4-5-6-7(8)9-2;5-4-2-1-3-6-4/h3-6H2,1-2H3;1-3H2. The minimum Gasteiger partial charge on any atom is -0.469 e. The van der Waals surface area contributed by atoms with Gasteiger partial charge in [-0.3, -0.25) is 9.59 Å². The van der Waals surface area contributed by atoms with Crippen molar-refractivity contribution in [2.45, 2.75) is 45.4 Å². The first-order valence-corrected chi connectivity index (χ1v) is 5.43. The predicted octanol–water partition coefficient (Wildman–Crippen LogP) is 2.06. The van der Waals surface area contributed by atoms with E-state index in [9.17, 15) is 9.59 Å². The van der Waals surface area contributed by atoms with Crippen LogP contribution in [0.25, 0.3) is 0 Å². The van der Waals surface area contributed by atoms with E-state index in [1.54, 1.807) is 0 Å². The highest BCUT2D eigenvalue weighted by atomic mass is 16.5. The lowest BCUT2D eigenvalue weighted by atomic mass is 10.2. The molecule has 0 aromatic heterocycles. The first kappa shape index (κ1) is 13.9. The second-order valence-corrected chi connectivity index (χ2v) is 3.36. The number of methoxy groups -OCH3 is 1. The molecule has 1 aliphatic rings. The number of carbonyl (C=O) groups excluding carboxylic acids is 2. The van der Waals surface area contributed by atoms with Crippen LogP contribution in [0.15, 0.2) is 0 Å². The zero-order chi connectivity index (χ0) is 11.5. The summed E-state index contributed by atoms with van der Waals surface area (Å²) in [7, 11) is 1.42. The van der Waals surface area contributed by atoms with Crippen molar-refractivity contribution in [3.8, 4) is 0 Å². The summed E-state index contributed by atoms with van der Waals surface area (Å²) in [5.74, 6) is -0.140. The van der Waals surface area contributed by atoms with Crippen LogP contribution < -0.4 is 0 Å². The van der Waals surface area contributed by atoms with E-state index in [2.05, 4.69) is 16.4 Å². The number of esters is 2. The maximum atomic E-state index is 10.5. The Hall–Kier alpha value is -1.06. The van der Waals surface area contributed by atoms with E-state index in [0.717, 1.165) is 25.7 Å². The van der Waals surface area contributed by atoms with Gasteiger partial charge in [-0.25, -0.2) is 0 Å². The van der Waals surface area contributed by atoms with Gasteiger partial charge in [0, 0.05) is 12.8 Å². The number of unbranched alkanes of at least 4 members (excludes halogenated alkanes) is 2. The Morgan fingerprint density at radius 2 is 2.20 bits per heavy atom. The number of rotatable bonds is 4. The average Bonchev–Trinajstić information content (AvgIpc) is 2.70. The van der Waals surface area contributed by atoms with Gasteiger partial charge >= 0.3 is 11.9 Å². The lowest BCUT2D eigenvalue weighted by Crippen LogP contribution is -1.98. The number of hydrogen-bond acceptors (Lipinski definition) is 4. The summed E-state index contributed by atoms with van der Waals surface area (Å²) >= 11 is 0. The quantitative estimate of drug-likeness (QED) is 0.533. The van der Waals surface area contributed by atoms with E-state index in [4.69, 9.17) is 0 Å². The fourth-order valence-corrected chi connectivity index (χ4v) is 1.10. The fourth-order valence-electron chi connectivity index (χ4n) is 1.10.